The number of amidine groups is 1. The lowest BCUT2D eigenvalue weighted by Crippen LogP contribution is -2.32. The van der Waals surface area contributed by atoms with Gasteiger partial charge >= 0.3 is 0 Å². The topological polar surface area (TPSA) is 81.2 Å². The van der Waals surface area contributed by atoms with Gasteiger partial charge in [0.2, 0.25) is 5.75 Å². The average molecular weight is 470 g/mol. The molecule has 0 fully saturated rings. The van der Waals surface area contributed by atoms with Crippen LogP contribution in [0.3, 0.4) is 0 Å². The van der Waals surface area contributed by atoms with E-state index in [0.717, 1.165) is 40.7 Å². The first kappa shape index (κ1) is 24.5. The predicted molar refractivity (Wildman–Crippen MR) is 135 cm³/mol. The number of anilines is 1. The van der Waals surface area contributed by atoms with E-state index in [-0.39, 0.29) is 5.91 Å². The van der Waals surface area contributed by atoms with E-state index in [1.165, 1.54) is 0 Å². The van der Waals surface area contributed by atoms with Crippen LogP contribution >= 0.6 is 11.8 Å². The number of ether oxygens (including phenoxy) is 3. The van der Waals surface area contributed by atoms with Gasteiger partial charge in [0.1, 0.15) is 6.04 Å². The van der Waals surface area contributed by atoms with E-state index < -0.39 is 6.04 Å². The van der Waals surface area contributed by atoms with Crippen molar-refractivity contribution in [1.29, 1.82) is 0 Å². The third kappa shape index (κ3) is 5.82. The number of nitrogens with one attached hydrogen (secondary N) is 2. The van der Waals surface area contributed by atoms with E-state index in [9.17, 15) is 4.79 Å². The van der Waals surface area contributed by atoms with Gasteiger partial charge in [0, 0.05) is 17.1 Å². The number of para-hydroxylation sites is 1. The molecule has 8 heteroatoms. The number of thioether (sulfide) groups is 1. The molecule has 1 aliphatic heterocycles. The van der Waals surface area contributed by atoms with Gasteiger partial charge in [-0.3, -0.25) is 4.79 Å². The zero-order valence-electron chi connectivity index (χ0n) is 19.7. The zero-order chi connectivity index (χ0) is 23.8. The first-order valence-electron chi connectivity index (χ1n) is 10.9. The molecule has 3 rings (SSSR count). The van der Waals surface area contributed by atoms with Crippen molar-refractivity contribution >= 4 is 28.5 Å². The summed E-state index contributed by atoms with van der Waals surface area (Å²) in [7, 11) is 4.71. The molecule has 176 valence electrons. The molecule has 1 heterocycles. The smallest absolute Gasteiger partial charge is 0.255 e. The molecule has 0 aromatic heterocycles. The maximum Gasteiger partial charge on any atom is 0.255 e. The fraction of sp³-hybridized carbons (Fsp3) is 0.360. The van der Waals surface area contributed by atoms with Gasteiger partial charge in [-0.2, -0.15) is 0 Å². The number of hydrogen-bond donors (Lipinski definition) is 2. The first-order valence-corrected chi connectivity index (χ1v) is 11.9. The number of hydrogen-bond acceptors (Lipinski definition) is 7. The van der Waals surface area contributed by atoms with Gasteiger partial charge in [0.05, 0.1) is 26.9 Å². The molecular formula is C25H31N3O4S. The average Bonchev–Trinajstić information content (AvgIpc) is 2.83. The molecule has 1 aliphatic rings. The number of allylic oxidation sites excluding steroid dienone is 1. The van der Waals surface area contributed by atoms with E-state index in [0.29, 0.717) is 22.8 Å². The largest absolute Gasteiger partial charge is 0.493 e. The highest BCUT2D eigenvalue weighted by molar-refractivity contribution is 8.13. The summed E-state index contributed by atoms with van der Waals surface area (Å²) in [6.45, 7) is 4.06. The number of amides is 1. The van der Waals surface area contributed by atoms with Crippen LogP contribution in [0.2, 0.25) is 0 Å². The molecule has 0 saturated carbocycles. The van der Waals surface area contributed by atoms with Crippen LogP contribution in [0, 0.1) is 0 Å². The summed E-state index contributed by atoms with van der Waals surface area (Å²) in [5, 5.41) is 7.09. The third-order valence-corrected chi connectivity index (χ3v) is 6.21. The number of methoxy groups -OCH3 is 3. The van der Waals surface area contributed by atoms with Gasteiger partial charge in [-0.1, -0.05) is 43.3 Å². The lowest BCUT2D eigenvalue weighted by molar-refractivity contribution is -0.113. The summed E-state index contributed by atoms with van der Waals surface area (Å²) in [5.41, 5.74) is 2.79. The number of rotatable bonds is 9. The number of nitrogens with zero attached hydrogens (tertiary/aromatic N) is 1. The summed E-state index contributed by atoms with van der Waals surface area (Å²) in [5.74, 6) is 2.26. The van der Waals surface area contributed by atoms with Crippen molar-refractivity contribution in [2.75, 3.05) is 32.4 Å². The van der Waals surface area contributed by atoms with Crippen molar-refractivity contribution in [3.63, 3.8) is 0 Å². The number of aliphatic imine (C=N–C) groups is 1. The zero-order valence-corrected chi connectivity index (χ0v) is 20.5. The lowest BCUT2D eigenvalue weighted by Gasteiger charge is -2.27. The second-order valence-corrected chi connectivity index (χ2v) is 8.56. The molecule has 2 aromatic carbocycles. The highest BCUT2D eigenvalue weighted by Crippen LogP contribution is 2.43. The maximum absolute atomic E-state index is 13.4. The van der Waals surface area contributed by atoms with Crippen LogP contribution in [0.25, 0.3) is 0 Å². The third-order valence-electron chi connectivity index (χ3n) is 5.23. The first-order chi connectivity index (χ1) is 16.0. The Morgan fingerprint density at radius 2 is 1.76 bits per heavy atom. The summed E-state index contributed by atoms with van der Waals surface area (Å²) >= 11 is 1.66. The Morgan fingerprint density at radius 3 is 2.33 bits per heavy atom. The van der Waals surface area contributed by atoms with Crippen LogP contribution in [0.5, 0.6) is 17.2 Å². The molecule has 33 heavy (non-hydrogen) atoms. The summed E-state index contributed by atoms with van der Waals surface area (Å²) in [6.07, 6.45) is 2.19. The molecule has 0 radical (unpaired) electrons. The summed E-state index contributed by atoms with van der Waals surface area (Å²) in [6, 6.07) is 12.5. The van der Waals surface area contributed by atoms with Crippen LogP contribution in [0.1, 0.15) is 38.3 Å². The Bertz CT molecular complexity index is 1010. The molecule has 2 N–H and O–H groups in total. The number of carbonyl (C=O) groups is 1. The quantitative estimate of drug-likeness (QED) is 0.494. The minimum absolute atomic E-state index is 0.216. The van der Waals surface area contributed by atoms with E-state index in [4.69, 9.17) is 19.2 Å². The van der Waals surface area contributed by atoms with Crippen LogP contribution < -0.4 is 24.8 Å². The Hall–Kier alpha value is -3.13. The van der Waals surface area contributed by atoms with Crippen LogP contribution in [-0.2, 0) is 4.79 Å². The van der Waals surface area contributed by atoms with Gasteiger partial charge in [0.15, 0.2) is 16.7 Å². The van der Waals surface area contributed by atoms with E-state index in [2.05, 4.69) is 17.6 Å². The fourth-order valence-corrected chi connectivity index (χ4v) is 4.58. The standard InChI is InChI=1S/C25H31N3O4S/c1-6-7-13-33-25-26-16(2)21(24(29)27-18-11-9-8-10-12-18)22(28-25)17-14-19(30-3)23(32-5)20(15-17)31-4/h8-12,14-15,22H,6-7,13H2,1-5H3,(H,26,28)(H,27,29)/t22-/m0/s1. The number of unbranched alkanes of at least 4 members (excludes halogenated alkanes) is 1. The van der Waals surface area contributed by atoms with E-state index in [1.807, 2.05) is 49.4 Å². The summed E-state index contributed by atoms with van der Waals surface area (Å²) < 4.78 is 16.6. The van der Waals surface area contributed by atoms with E-state index >= 15 is 0 Å². The summed E-state index contributed by atoms with van der Waals surface area (Å²) in [4.78, 5) is 18.3. The van der Waals surface area contributed by atoms with Gasteiger partial charge < -0.3 is 24.8 Å². The van der Waals surface area contributed by atoms with Crippen molar-refractivity contribution in [3.05, 3.63) is 59.3 Å². The second kappa shape index (κ2) is 11.7. The monoisotopic (exact) mass is 469 g/mol. The highest BCUT2D eigenvalue weighted by atomic mass is 32.2. The minimum Gasteiger partial charge on any atom is -0.493 e. The molecule has 7 nitrogen and oxygen atoms in total. The molecule has 0 aliphatic carbocycles. The lowest BCUT2D eigenvalue weighted by atomic mass is 9.95. The number of benzene rings is 2. The van der Waals surface area contributed by atoms with Crippen LogP contribution in [-0.4, -0.2) is 38.2 Å². The Balaban J connectivity index is 2.04. The van der Waals surface area contributed by atoms with Crippen molar-refractivity contribution < 1.29 is 19.0 Å². The van der Waals surface area contributed by atoms with Gasteiger partial charge in [-0.05, 0) is 43.2 Å². The molecule has 0 spiro atoms. The normalized spacial score (nSPS) is 15.4. The minimum atomic E-state index is -0.534. The SMILES string of the molecule is CCCCSC1=N[C@@H](c2cc(OC)c(OC)c(OC)c2)C(C(=O)Nc2ccccc2)=C(C)N1. The van der Waals surface area contributed by atoms with Crippen molar-refractivity contribution in [2.45, 2.75) is 32.7 Å². The molecule has 0 saturated heterocycles. The Labute approximate surface area is 199 Å². The molecule has 1 amide bonds. The maximum atomic E-state index is 13.4. The van der Waals surface area contributed by atoms with Gasteiger partial charge in [0.25, 0.3) is 5.91 Å². The molecule has 1 atom stereocenters. The molecule has 0 bridgehead atoms. The van der Waals surface area contributed by atoms with Crippen LogP contribution in [0.4, 0.5) is 5.69 Å². The second-order valence-electron chi connectivity index (χ2n) is 7.48. The molecule has 0 unspecified atom stereocenters. The molecular weight excluding hydrogens is 438 g/mol. The predicted octanol–water partition coefficient (Wildman–Crippen LogP) is 5.16. The van der Waals surface area contributed by atoms with Crippen molar-refractivity contribution in [3.8, 4) is 17.2 Å². The van der Waals surface area contributed by atoms with Crippen molar-refractivity contribution in [2.24, 2.45) is 4.99 Å². The van der Waals surface area contributed by atoms with Crippen LogP contribution in [0.15, 0.2) is 58.7 Å². The van der Waals surface area contributed by atoms with Crippen molar-refractivity contribution in [1.82, 2.24) is 5.32 Å². The van der Waals surface area contributed by atoms with E-state index in [1.54, 1.807) is 33.1 Å². The highest BCUT2D eigenvalue weighted by Gasteiger charge is 2.31. The van der Waals surface area contributed by atoms with Gasteiger partial charge in [-0.15, -0.1) is 0 Å². The fourth-order valence-electron chi connectivity index (χ4n) is 3.55. The Morgan fingerprint density at radius 1 is 1.09 bits per heavy atom. The molecule has 2 aromatic rings. The van der Waals surface area contributed by atoms with Gasteiger partial charge in [-0.25, -0.2) is 4.99 Å². The Kier molecular flexibility index (Phi) is 8.65. The number of carbonyl (C=O) groups excluding carboxylic acids is 1.